The number of hydrogen-bond donors (Lipinski definition) is 1. The van der Waals surface area contributed by atoms with Gasteiger partial charge in [0, 0.05) is 19.0 Å². The minimum atomic E-state index is -2.03. The number of carbonyl (C=O) groups excluding carboxylic acids is 2. The van der Waals surface area contributed by atoms with Crippen molar-refractivity contribution in [1.29, 1.82) is 0 Å². The molecule has 35 heavy (non-hydrogen) atoms. The molecule has 1 aliphatic rings. The molecule has 0 saturated carbocycles. The lowest BCUT2D eigenvalue weighted by molar-refractivity contribution is -0.141. The van der Waals surface area contributed by atoms with Crippen molar-refractivity contribution >= 4 is 37.4 Å². The van der Waals surface area contributed by atoms with Gasteiger partial charge < -0.3 is 19.4 Å². The van der Waals surface area contributed by atoms with Gasteiger partial charge in [-0.25, -0.2) is 0 Å². The van der Waals surface area contributed by atoms with Crippen LogP contribution in [0.5, 0.6) is 5.75 Å². The third-order valence-corrected chi connectivity index (χ3v) is 12.3. The lowest BCUT2D eigenvalue weighted by Gasteiger charge is -2.47. The molecule has 0 aliphatic carbocycles. The lowest BCUT2D eigenvalue weighted by Crippen LogP contribution is -2.66. The van der Waals surface area contributed by atoms with Gasteiger partial charge in [-0.3, -0.25) is 9.59 Å². The Morgan fingerprint density at radius 1 is 1.14 bits per heavy atom. The molecular weight excluding hydrogens is 476 g/mol. The van der Waals surface area contributed by atoms with Crippen molar-refractivity contribution < 1.29 is 18.8 Å². The zero-order valence-corrected chi connectivity index (χ0v) is 24.8. The molecule has 0 bridgehead atoms. The summed E-state index contributed by atoms with van der Waals surface area (Å²) in [5.41, 5.74) is 0.507. The molecule has 2 rings (SSSR count). The van der Waals surface area contributed by atoms with Crippen molar-refractivity contribution in [2.24, 2.45) is 11.8 Å². The van der Waals surface area contributed by atoms with Crippen LogP contribution in [-0.2, 0) is 9.22 Å². The largest absolute Gasteiger partial charge is 0.449 e. The molecule has 1 fully saturated rings. The zero-order chi connectivity index (χ0) is 26.6. The summed E-state index contributed by atoms with van der Waals surface area (Å²) in [4.78, 5) is 27.6. The predicted molar refractivity (Wildman–Crippen MR) is 148 cm³/mol. The summed E-state index contributed by atoms with van der Waals surface area (Å²) in [6.45, 7) is 20.4. The van der Waals surface area contributed by atoms with E-state index in [1.54, 1.807) is 12.1 Å². The van der Waals surface area contributed by atoms with Gasteiger partial charge >= 0.3 is 0 Å². The molecule has 1 heterocycles. The highest BCUT2D eigenvalue weighted by molar-refractivity contribution is 7.80. The van der Waals surface area contributed by atoms with E-state index < -0.39 is 8.32 Å². The number of ether oxygens (including phenoxy) is 1. The predicted octanol–water partition coefficient (Wildman–Crippen LogP) is 5.82. The molecular formula is C27H44N2O4SSi. The van der Waals surface area contributed by atoms with Crippen molar-refractivity contribution in [3.63, 3.8) is 0 Å². The Kier molecular flexibility index (Phi) is 10.1. The van der Waals surface area contributed by atoms with Crippen molar-refractivity contribution in [3.05, 3.63) is 29.8 Å². The van der Waals surface area contributed by atoms with E-state index >= 15 is 0 Å². The summed E-state index contributed by atoms with van der Waals surface area (Å²) < 4.78 is 12.6. The fourth-order valence-electron chi connectivity index (χ4n) is 4.18. The van der Waals surface area contributed by atoms with Crippen LogP contribution in [0.25, 0.3) is 0 Å². The number of rotatable bonds is 11. The standard InChI is InChI=1S/C27H44N2O4SSi/c1-10-16-29(17-11-2)25(31)20-14-12-13-15-21(20)32-26(34)18(3)23-22(24(30)28-23)19(4)33-35(8,9)27(5,6)7/h12-15,18-19,22-23H,10-11,16-17H2,1-9H3,(H,28,30)/t18-,19-,22-,23-/m1/s1. The van der Waals surface area contributed by atoms with E-state index in [1.165, 1.54) is 0 Å². The second-order valence-corrected chi connectivity index (χ2v) is 16.3. The first-order valence-electron chi connectivity index (χ1n) is 12.8. The zero-order valence-electron chi connectivity index (χ0n) is 22.9. The first kappa shape index (κ1) is 29.5. The molecule has 0 unspecified atom stereocenters. The van der Waals surface area contributed by atoms with Crippen molar-refractivity contribution in [1.82, 2.24) is 10.2 Å². The average Bonchev–Trinajstić information content (AvgIpc) is 2.75. The number of thiocarbonyl (C=S) groups is 1. The van der Waals surface area contributed by atoms with E-state index in [0.29, 0.717) is 29.5 Å². The maximum atomic E-state index is 13.2. The van der Waals surface area contributed by atoms with Crippen LogP contribution in [-0.4, -0.2) is 55.3 Å². The molecule has 6 nitrogen and oxygen atoms in total. The minimum Gasteiger partial charge on any atom is -0.449 e. The van der Waals surface area contributed by atoms with Gasteiger partial charge in [0.1, 0.15) is 5.75 Å². The molecule has 1 aromatic rings. The van der Waals surface area contributed by atoms with Gasteiger partial charge in [-0.1, -0.05) is 53.7 Å². The highest BCUT2D eigenvalue weighted by Crippen LogP contribution is 2.39. The summed E-state index contributed by atoms with van der Waals surface area (Å²) >= 11 is 5.67. The molecule has 0 radical (unpaired) electrons. The van der Waals surface area contributed by atoms with Crippen LogP contribution < -0.4 is 10.1 Å². The number of para-hydroxylation sites is 1. The normalized spacial score (nSPS) is 19.9. The average molecular weight is 521 g/mol. The summed E-state index contributed by atoms with van der Waals surface area (Å²) in [7, 11) is -2.03. The number of nitrogens with zero attached hydrogens (tertiary/aromatic N) is 1. The molecule has 0 aromatic heterocycles. The Labute approximate surface area is 218 Å². The van der Waals surface area contributed by atoms with E-state index in [1.807, 2.05) is 30.9 Å². The van der Waals surface area contributed by atoms with Gasteiger partial charge in [0.05, 0.1) is 23.6 Å². The Bertz CT molecular complexity index is 909. The van der Waals surface area contributed by atoms with Crippen LogP contribution in [0.2, 0.25) is 18.1 Å². The Morgan fingerprint density at radius 3 is 2.23 bits per heavy atom. The summed E-state index contributed by atoms with van der Waals surface area (Å²) in [6.07, 6.45) is 1.56. The summed E-state index contributed by atoms with van der Waals surface area (Å²) in [5.74, 6) is -0.114. The van der Waals surface area contributed by atoms with Gasteiger partial charge in [0.25, 0.3) is 5.91 Å². The monoisotopic (exact) mass is 520 g/mol. The third kappa shape index (κ3) is 6.92. The second kappa shape index (κ2) is 12.0. The maximum Gasteiger partial charge on any atom is 0.257 e. The number of nitrogens with one attached hydrogen (secondary N) is 1. The molecule has 2 amide bonds. The second-order valence-electron chi connectivity index (χ2n) is 11.1. The van der Waals surface area contributed by atoms with E-state index in [0.717, 1.165) is 12.8 Å². The highest BCUT2D eigenvalue weighted by atomic mass is 32.1. The maximum absolute atomic E-state index is 13.2. The molecule has 1 N–H and O–H groups in total. The number of carbonyl (C=O) groups is 2. The number of benzene rings is 1. The highest BCUT2D eigenvalue weighted by Gasteiger charge is 2.50. The molecule has 8 heteroatoms. The SMILES string of the molecule is CCCN(CCC)C(=O)c1ccccc1OC(=S)[C@H](C)[C@H]1NC(=O)[C@@H]1[C@@H](C)O[Si](C)(C)C(C)(C)C. The fraction of sp³-hybridized carbons (Fsp3) is 0.667. The number of amides is 2. The first-order chi connectivity index (χ1) is 16.2. The van der Waals surface area contributed by atoms with Crippen molar-refractivity contribution in [3.8, 4) is 5.75 Å². The van der Waals surface area contributed by atoms with E-state index in [2.05, 4.69) is 53.0 Å². The van der Waals surface area contributed by atoms with Gasteiger partial charge in [-0.05, 0) is 62.2 Å². The third-order valence-electron chi connectivity index (χ3n) is 7.30. The van der Waals surface area contributed by atoms with Crippen molar-refractivity contribution in [2.75, 3.05) is 13.1 Å². The van der Waals surface area contributed by atoms with E-state index in [4.69, 9.17) is 21.4 Å². The van der Waals surface area contributed by atoms with Crippen LogP contribution in [0.4, 0.5) is 0 Å². The summed E-state index contributed by atoms with van der Waals surface area (Å²) in [5, 5.41) is 3.42. The van der Waals surface area contributed by atoms with Crippen LogP contribution in [0.1, 0.15) is 71.7 Å². The molecule has 1 saturated heterocycles. The minimum absolute atomic E-state index is 0.0128. The molecule has 196 valence electrons. The Morgan fingerprint density at radius 2 is 1.71 bits per heavy atom. The van der Waals surface area contributed by atoms with Crippen LogP contribution in [0, 0.1) is 11.8 Å². The molecule has 0 spiro atoms. The van der Waals surface area contributed by atoms with Gasteiger partial charge in [0.2, 0.25) is 5.91 Å². The van der Waals surface area contributed by atoms with E-state index in [9.17, 15) is 9.59 Å². The number of hydrogen-bond acceptors (Lipinski definition) is 5. The summed E-state index contributed by atoms with van der Waals surface area (Å²) in [6, 6.07) is 7.07. The van der Waals surface area contributed by atoms with Crippen LogP contribution in [0.3, 0.4) is 0 Å². The molecule has 1 aromatic carbocycles. The van der Waals surface area contributed by atoms with Gasteiger partial charge in [-0.15, -0.1) is 0 Å². The van der Waals surface area contributed by atoms with Crippen LogP contribution in [0.15, 0.2) is 24.3 Å². The topological polar surface area (TPSA) is 67.9 Å². The van der Waals surface area contributed by atoms with Crippen molar-refractivity contribution in [2.45, 2.75) is 91.6 Å². The number of β-lactam (4-membered cyclic amide) rings is 1. The lowest BCUT2D eigenvalue weighted by atomic mass is 9.79. The van der Waals surface area contributed by atoms with Gasteiger partial charge in [0.15, 0.2) is 13.4 Å². The quantitative estimate of drug-likeness (QED) is 0.226. The smallest absolute Gasteiger partial charge is 0.257 e. The van der Waals surface area contributed by atoms with Crippen LogP contribution >= 0.6 is 12.2 Å². The Balaban J connectivity index is 2.15. The van der Waals surface area contributed by atoms with Gasteiger partial charge in [-0.2, -0.15) is 0 Å². The fourth-order valence-corrected chi connectivity index (χ4v) is 5.84. The molecule has 4 atom stereocenters. The molecule has 1 aliphatic heterocycles. The first-order valence-corrected chi connectivity index (χ1v) is 16.1. The Hall–Kier alpha value is -1.77. The van der Waals surface area contributed by atoms with E-state index in [-0.39, 0.29) is 40.8 Å².